The number of carbonyl (C=O) groups excluding carboxylic acids is 2. The summed E-state index contributed by atoms with van der Waals surface area (Å²) in [6.07, 6.45) is 1.68. The van der Waals surface area contributed by atoms with E-state index in [1.54, 1.807) is 36.0 Å². The molecule has 8 nitrogen and oxygen atoms in total. The topological polar surface area (TPSA) is 102 Å². The molecule has 1 aromatic carbocycles. The number of aryl methyl sites for hydroxylation is 1. The van der Waals surface area contributed by atoms with Crippen molar-refractivity contribution in [2.24, 2.45) is 0 Å². The Morgan fingerprint density at radius 2 is 1.90 bits per heavy atom. The lowest BCUT2D eigenvalue weighted by molar-refractivity contribution is -0.119. The zero-order valence-corrected chi connectivity index (χ0v) is 17.6. The van der Waals surface area contributed by atoms with Crippen LogP contribution in [0.3, 0.4) is 0 Å². The van der Waals surface area contributed by atoms with E-state index in [1.165, 1.54) is 23.9 Å². The molecule has 10 heteroatoms. The maximum absolute atomic E-state index is 13.1. The van der Waals surface area contributed by atoms with Crippen molar-refractivity contribution in [2.75, 3.05) is 16.8 Å². The number of thioether (sulfide) groups is 1. The molecule has 0 aliphatic carbocycles. The number of halogens is 1. The van der Waals surface area contributed by atoms with Crippen LogP contribution in [0.2, 0.25) is 0 Å². The van der Waals surface area contributed by atoms with Gasteiger partial charge >= 0.3 is 0 Å². The highest BCUT2D eigenvalue weighted by atomic mass is 32.2. The Kier molecular flexibility index (Phi) is 6.88. The summed E-state index contributed by atoms with van der Waals surface area (Å²) in [5.41, 5.74) is 2.45. The van der Waals surface area contributed by atoms with Crippen LogP contribution in [0.1, 0.15) is 30.0 Å². The van der Waals surface area contributed by atoms with Gasteiger partial charge in [-0.25, -0.2) is 9.07 Å². The average Bonchev–Trinajstić information content (AvgIpc) is 3.27. The quantitative estimate of drug-likeness (QED) is 0.568. The number of hydrogen-bond donors (Lipinski definition) is 2. The lowest BCUT2D eigenvalue weighted by Gasteiger charge is -2.14. The first-order chi connectivity index (χ1) is 14.3. The molecule has 1 unspecified atom stereocenters. The summed E-state index contributed by atoms with van der Waals surface area (Å²) < 4.78 is 19.7. The van der Waals surface area contributed by atoms with Crippen LogP contribution in [0.25, 0.3) is 5.69 Å². The summed E-state index contributed by atoms with van der Waals surface area (Å²) in [5, 5.41) is 13.5. The second-order valence-corrected chi connectivity index (χ2v) is 7.71. The molecule has 1 atom stereocenters. The zero-order valence-electron chi connectivity index (χ0n) is 16.8. The van der Waals surface area contributed by atoms with Crippen molar-refractivity contribution in [2.45, 2.75) is 26.8 Å². The summed E-state index contributed by atoms with van der Waals surface area (Å²) in [4.78, 5) is 24.1. The van der Waals surface area contributed by atoms with Gasteiger partial charge in [0.2, 0.25) is 11.8 Å². The van der Waals surface area contributed by atoms with Gasteiger partial charge < -0.3 is 15.2 Å². The normalized spacial score (nSPS) is 11.9. The maximum atomic E-state index is 13.1. The lowest BCUT2D eigenvalue weighted by Crippen LogP contribution is -2.29. The minimum absolute atomic E-state index is 0.120. The summed E-state index contributed by atoms with van der Waals surface area (Å²) in [6, 6.07) is 7.39. The van der Waals surface area contributed by atoms with Gasteiger partial charge in [-0.1, -0.05) is 5.16 Å². The summed E-state index contributed by atoms with van der Waals surface area (Å²) in [5.74, 6) is 0.452. The monoisotopic (exact) mass is 431 g/mol. The number of carbonyl (C=O) groups is 2. The molecule has 0 aliphatic rings. The van der Waals surface area contributed by atoms with E-state index in [2.05, 4.69) is 20.9 Å². The molecule has 0 spiro atoms. The third kappa shape index (κ3) is 5.47. The van der Waals surface area contributed by atoms with E-state index in [0.29, 0.717) is 11.6 Å². The van der Waals surface area contributed by atoms with Crippen molar-refractivity contribution in [1.82, 2.24) is 20.3 Å². The Bertz CT molecular complexity index is 1030. The largest absolute Gasteiger partial charge is 0.360 e. The van der Waals surface area contributed by atoms with E-state index in [1.807, 2.05) is 13.8 Å². The second-order valence-electron chi connectivity index (χ2n) is 6.73. The standard InChI is InChI=1S/C20H22FN5O3S/c1-12-8-18(25-29-12)24-20(28)11-30-10-19(27)23-13(2)17-9-22-26(14(17)3)16-6-4-15(21)5-7-16/h4-9,13H,10-11H2,1-3H3,(H,23,27)(H,24,25,28). The van der Waals surface area contributed by atoms with Crippen LogP contribution < -0.4 is 10.6 Å². The van der Waals surface area contributed by atoms with Gasteiger partial charge in [-0.05, 0) is 45.0 Å². The first-order valence-electron chi connectivity index (χ1n) is 9.24. The second kappa shape index (κ2) is 9.57. The van der Waals surface area contributed by atoms with Gasteiger partial charge in [0, 0.05) is 17.3 Å². The SMILES string of the molecule is Cc1cc(NC(=O)CSCC(=O)NC(C)c2cnn(-c3ccc(F)cc3)c2C)no1. The van der Waals surface area contributed by atoms with Crippen LogP contribution in [0.15, 0.2) is 41.1 Å². The highest BCUT2D eigenvalue weighted by Gasteiger charge is 2.17. The Morgan fingerprint density at radius 3 is 2.57 bits per heavy atom. The smallest absolute Gasteiger partial charge is 0.235 e. The van der Waals surface area contributed by atoms with Gasteiger partial charge in [-0.2, -0.15) is 5.10 Å². The first-order valence-corrected chi connectivity index (χ1v) is 10.4. The molecule has 0 saturated heterocycles. The lowest BCUT2D eigenvalue weighted by atomic mass is 10.1. The summed E-state index contributed by atoms with van der Waals surface area (Å²) in [7, 11) is 0. The third-order valence-electron chi connectivity index (χ3n) is 4.32. The van der Waals surface area contributed by atoms with Crippen LogP contribution in [0.4, 0.5) is 10.2 Å². The van der Waals surface area contributed by atoms with Crippen molar-refractivity contribution >= 4 is 29.4 Å². The molecule has 0 saturated carbocycles. The Morgan fingerprint density at radius 1 is 1.20 bits per heavy atom. The van der Waals surface area contributed by atoms with Crippen LogP contribution >= 0.6 is 11.8 Å². The van der Waals surface area contributed by atoms with E-state index in [0.717, 1.165) is 16.9 Å². The van der Waals surface area contributed by atoms with Gasteiger partial charge in [0.05, 0.1) is 29.4 Å². The van der Waals surface area contributed by atoms with Gasteiger partial charge in [-0.3, -0.25) is 9.59 Å². The molecule has 0 fully saturated rings. The molecule has 2 amide bonds. The van der Waals surface area contributed by atoms with Gasteiger partial charge in [-0.15, -0.1) is 11.8 Å². The molecule has 0 aliphatic heterocycles. The third-order valence-corrected chi connectivity index (χ3v) is 5.26. The molecule has 0 radical (unpaired) electrons. The molecule has 3 rings (SSSR count). The van der Waals surface area contributed by atoms with Crippen LogP contribution in [0.5, 0.6) is 0 Å². The number of aromatic nitrogens is 3. The Labute approximate surface area is 177 Å². The van der Waals surface area contributed by atoms with E-state index in [-0.39, 0.29) is 35.2 Å². The van der Waals surface area contributed by atoms with Crippen molar-refractivity contribution in [3.8, 4) is 5.69 Å². The van der Waals surface area contributed by atoms with Gasteiger partial charge in [0.15, 0.2) is 5.82 Å². The van der Waals surface area contributed by atoms with Crippen molar-refractivity contribution in [1.29, 1.82) is 0 Å². The number of benzene rings is 1. The number of amides is 2. The number of rotatable bonds is 8. The first kappa shape index (κ1) is 21.6. The van der Waals surface area contributed by atoms with Crippen molar-refractivity contribution in [3.63, 3.8) is 0 Å². The van der Waals surface area contributed by atoms with Crippen LogP contribution in [-0.2, 0) is 9.59 Å². The van der Waals surface area contributed by atoms with E-state index in [9.17, 15) is 14.0 Å². The molecule has 158 valence electrons. The zero-order chi connectivity index (χ0) is 21.7. The minimum atomic E-state index is -0.313. The molecule has 0 bridgehead atoms. The highest BCUT2D eigenvalue weighted by molar-refractivity contribution is 8.00. The number of nitrogens with zero attached hydrogens (tertiary/aromatic N) is 3. The Hall–Kier alpha value is -3.14. The molecule has 2 aromatic heterocycles. The van der Waals surface area contributed by atoms with E-state index < -0.39 is 0 Å². The fraction of sp³-hybridized carbons (Fsp3) is 0.300. The van der Waals surface area contributed by atoms with Crippen LogP contribution in [-0.4, -0.2) is 38.3 Å². The maximum Gasteiger partial charge on any atom is 0.235 e. The molecule has 2 N–H and O–H groups in total. The van der Waals surface area contributed by atoms with E-state index in [4.69, 9.17) is 4.52 Å². The van der Waals surface area contributed by atoms with Crippen molar-refractivity contribution < 1.29 is 18.5 Å². The number of nitrogens with one attached hydrogen (secondary N) is 2. The van der Waals surface area contributed by atoms with Gasteiger partial charge in [0.1, 0.15) is 11.6 Å². The van der Waals surface area contributed by atoms with Crippen molar-refractivity contribution in [3.05, 3.63) is 59.4 Å². The highest BCUT2D eigenvalue weighted by Crippen LogP contribution is 2.20. The van der Waals surface area contributed by atoms with Gasteiger partial charge in [0.25, 0.3) is 0 Å². The average molecular weight is 431 g/mol. The molecule has 30 heavy (non-hydrogen) atoms. The molecule has 3 aromatic rings. The molecular formula is C20H22FN5O3S. The Balaban J connectivity index is 1.48. The number of hydrogen-bond acceptors (Lipinski definition) is 6. The fourth-order valence-electron chi connectivity index (χ4n) is 2.89. The summed E-state index contributed by atoms with van der Waals surface area (Å²) in [6.45, 7) is 5.48. The van der Waals surface area contributed by atoms with E-state index >= 15 is 0 Å². The predicted octanol–water partition coefficient (Wildman–Crippen LogP) is 3.17. The van der Waals surface area contributed by atoms with Crippen LogP contribution in [0, 0.1) is 19.7 Å². The molecule has 2 heterocycles. The predicted molar refractivity (Wildman–Crippen MR) is 112 cm³/mol. The fourth-order valence-corrected chi connectivity index (χ4v) is 3.52. The minimum Gasteiger partial charge on any atom is -0.360 e. The molecular weight excluding hydrogens is 409 g/mol. The summed E-state index contributed by atoms with van der Waals surface area (Å²) >= 11 is 1.20. The number of anilines is 1.